The van der Waals surface area contributed by atoms with Crippen LogP contribution in [0.4, 0.5) is 0 Å². The lowest BCUT2D eigenvalue weighted by Gasteiger charge is -2.38. The average Bonchev–Trinajstić information content (AvgIpc) is 4.37. The van der Waals surface area contributed by atoms with E-state index in [9.17, 15) is 24.0 Å². The van der Waals surface area contributed by atoms with Crippen LogP contribution in [0.1, 0.15) is 134 Å². The molecule has 3 aromatic carbocycles. The molecule has 0 bridgehead atoms. The largest absolute Gasteiger partial charge is 0.368 e. The van der Waals surface area contributed by atoms with Gasteiger partial charge in [0.25, 0.3) is 0 Å². The number of aromatic nitrogens is 1. The summed E-state index contributed by atoms with van der Waals surface area (Å²) in [7, 11) is 0. The van der Waals surface area contributed by atoms with E-state index in [4.69, 9.17) is 5.73 Å². The molecule has 1 aromatic heterocycles. The van der Waals surface area contributed by atoms with E-state index < -0.39 is 108 Å². The van der Waals surface area contributed by atoms with Crippen LogP contribution in [0.2, 0.25) is 0 Å². The van der Waals surface area contributed by atoms with E-state index >= 15 is 19.2 Å². The van der Waals surface area contributed by atoms with E-state index in [1.165, 1.54) is 6.92 Å². The highest BCUT2D eigenvalue weighted by atomic mass is 16.2. The van der Waals surface area contributed by atoms with Crippen molar-refractivity contribution in [2.24, 2.45) is 17.6 Å². The van der Waals surface area contributed by atoms with Gasteiger partial charge < -0.3 is 52.4 Å². The number of fused-ring (bicyclic) bond motifs is 8. The van der Waals surface area contributed by atoms with Crippen LogP contribution < -0.4 is 37.6 Å². The minimum Gasteiger partial charge on any atom is -0.368 e. The van der Waals surface area contributed by atoms with Crippen LogP contribution in [0.3, 0.4) is 0 Å². The topological polar surface area (TPSA) is 274 Å². The van der Waals surface area contributed by atoms with E-state index in [2.05, 4.69) is 36.9 Å². The number of aromatic amines is 1. The highest BCUT2D eigenvalue weighted by Gasteiger charge is 2.52. The second kappa shape index (κ2) is 25.7. The summed E-state index contributed by atoms with van der Waals surface area (Å²) in [4.78, 5) is 137. The Hall–Kier alpha value is -7.31. The summed E-state index contributed by atoms with van der Waals surface area (Å²) in [5, 5.41) is 20.2. The summed E-state index contributed by atoms with van der Waals surface area (Å²) in [6.45, 7) is 3.37. The molecule has 19 heteroatoms. The standard InChI is InChI=1S/C60H78N10O9/c1-3-4-20-45(64-35(2)71)55(74)67-48-33-53(72)62-27-14-13-22-44(54(61)73)65-56(75)46(30-41-34-63-43-21-10-9-19-42(41)43)66-57(76)51-31-39-17-7-11-23-49(39)69(51)59(78)47(29-36-25-26-37-15-5-6-16-38(37)28-36)68-58(77)52-32-40-18-8-12-24-50(40)70(52)60(48)79/h5-6,9-10,15-16,19,21,25-26,28,34,39-40,44-52,63H,3-4,7-8,11-14,17-18,20,22-24,27,29-33H2,1-2H3,(H2,61,73)(H,62,72)(H,64,71)(H,65,75)(H,66,76)(H,67,74)(H,68,77)/t39?,40?,44-,45-,46-,47+,48-,49?,50?,51-,52-/m0/s1. The fourth-order valence-electron chi connectivity index (χ4n) is 13.4. The fraction of sp³-hybridized carbons (Fsp3) is 0.550. The van der Waals surface area contributed by atoms with Gasteiger partial charge in [-0.2, -0.15) is 0 Å². The number of amides is 9. The molecule has 0 radical (unpaired) electrons. The van der Waals surface area contributed by atoms with Crippen LogP contribution in [-0.4, -0.2) is 129 Å². The number of primary amides is 1. The molecule has 4 unspecified atom stereocenters. The molecule has 79 heavy (non-hydrogen) atoms. The number of rotatable bonds is 11. The Kier molecular flexibility index (Phi) is 18.3. The zero-order valence-corrected chi connectivity index (χ0v) is 45.6. The Morgan fingerprint density at radius 3 is 2.01 bits per heavy atom. The Morgan fingerprint density at radius 1 is 0.696 bits per heavy atom. The molecule has 422 valence electrons. The van der Waals surface area contributed by atoms with Gasteiger partial charge >= 0.3 is 0 Å². The molecule has 19 nitrogen and oxygen atoms in total. The number of carbonyl (C=O) groups is 9. The Balaban J connectivity index is 1.11. The molecule has 9 amide bonds. The summed E-state index contributed by atoms with van der Waals surface area (Å²) in [5.41, 5.74) is 8.26. The predicted molar refractivity (Wildman–Crippen MR) is 297 cm³/mol. The van der Waals surface area contributed by atoms with Gasteiger partial charge in [-0.3, -0.25) is 43.2 Å². The zero-order chi connectivity index (χ0) is 55.7. The number of hydrogen-bond donors (Lipinski definition) is 8. The zero-order valence-electron chi connectivity index (χ0n) is 45.6. The number of para-hydroxylation sites is 1. The molecule has 2 aliphatic carbocycles. The highest BCUT2D eigenvalue weighted by molar-refractivity contribution is 6.00. The van der Waals surface area contributed by atoms with Crippen LogP contribution in [0.5, 0.6) is 0 Å². The van der Waals surface area contributed by atoms with E-state index in [1.54, 1.807) is 16.0 Å². The van der Waals surface area contributed by atoms with Crippen LogP contribution in [0.15, 0.2) is 72.9 Å². The Labute approximate surface area is 461 Å². The summed E-state index contributed by atoms with van der Waals surface area (Å²) >= 11 is 0. The maximum absolute atomic E-state index is 15.9. The normalized spacial score (nSPS) is 28.0. The molecular formula is C60H78N10O9. The lowest BCUT2D eigenvalue weighted by atomic mass is 9.84. The first-order chi connectivity index (χ1) is 38.2. The quantitative estimate of drug-likeness (QED) is 0.107. The van der Waals surface area contributed by atoms with Gasteiger partial charge in [-0.1, -0.05) is 106 Å². The van der Waals surface area contributed by atoms with Crippen LogP contribution in [0, 0.1) is 11.8 Å². The van der Waals surface area contributed by atoms with E-state index in [1.807, 2.05) is 73.7 Å². The molecule has 3 saturated heterocycles. The van der Waals surface area contributed by atoms with Gasteiger partial charge in [0.05, 0.1) is 6.42 Å². The van der Waals surface area contributed by atoms with Crippen molar-refractivity contribution in [3.63, 3.8) is 0 Å². The molecule has 11 atom stereocenters. The third kappa shape index (κ3) is 13.2. The highest BCUT2D eigenvalue weighted by Crippen LogP contribution is 2.42. The van der Waals surface area contributed by atoms with E-state index in [0.29, 0.717) is 51.4 Å². The Morgan fingerprint density at radius 2 is 1.33 bits per heavy atom. The first kappa shape index (κ1) is 56.4. The van der Waals surface area contributed by atoms with E-state index in [0.717, 1.165) is 77.7 Å². The summed E-state index contributed by atoms with van der Waals surface area (Å²) in [5.74, 6) is -5.34. The maximum atomic E-state index is 15.9. The van der Waals surface area contributed by atoms with Gasteiger partial charge in [-0.25, -0.2) is 0 Å². The van der Waals surface area contributed by atoms with Crippen molar-refractivity contribution in [3.8, 4) is 0 Å². The van der Waals surface area contributed by atoms with Crippen molar-refractivity contribution in [3.05, 3.63) is 84.1 Å². The molecule has 2 saturated carbocycles. The van der Waals surface area contributed by atoms with Crippen molar-refractivity contribution in [1.29, 1.82) is 0 Å². The molecule has 4 heterocycles. The minimum atomic E-state index is -1.43. The lowest BCUT2D eigenvalue weighted by molar-refractivity contribution is -0.147. The van der Waals surface area contributed by atoms with Gasteiger partial charge in [-0.05, 0) is 104 Å². The number of hydrogen-bond acceptors (Lipinski definition) is 9. The molecule has 9 rings (SSSR count). The van der Waals surface area contributed by atoms with Gasteiger partial charge in [0, 0.05) is 55.5 Å². The van der Waals surface area contributed by atoms with Crippen LogP contribution in [-0.2, 0) is 56.0 Å². The number of benzene rings is 3. The van der Waals surface area contributed by atoms with Crippen molar-refractivity contribution >= 4 is 74.8 Å². The fourth-order valence-corrected chi connectivity index (χ4v) is 13.4. The number of nitrogens with two attached hydrogens (primary N) is 1. The molecule has 3 aliphatic heterocycles. The van der Waals surface area contributed by atoms with Gasteiger partial charge in [0.15, 0.2) is 0 Å². The molecule has 5 aliphatic rings. The first-order valence-electron chi connectivity index (χ1n) is 28.9. The number of H-pyrrole nitrogens is 1. The Bertz CT molecular complexity index is 2920. The van der Waals surface area contributed by atoms with Crippen molar-refractivity contribution in [1.82, 2.24) is 46.7 Å². The number of carbonyl (C=O) groups excluding carboxylic acids is 9. The van der Waals surface area contributed by atoms with E-state index in [-0.39, 0.29) is 43.7 Å². The number of nitrogens with one attached hydrogen (secondary N) is 7. The number of nitrogens with zero attached hydrogens (tertiary/aromatic N) is 2. The van der Waals surface area contributed by atoms with Crippen LogP contribution >= 0.6 is 0 Å². The molecule has 5 fully saturated rings. The molecule has 4 aromatic rings. The maximum Gasteiger partial charge on any atom is 0.246 e. The second-order valence-corrected chi connectivity index (χ2v) is 22.8. The van der Waals surface area contributed by atoms with Crippen molar-refractivity contribution < 1.29 is 43.2 Å². The van der Waals surface area contributed by atoms with Crippen LogP contribution in [0.25, 0.3) is 21.7 Å². The molecule has 0 spiro atoms. The average molecular weight is 1080 g/mol. The SMILES string of the molecule is CCCC[C@H](NC(C)=O)C(=O)N[C@H]1CC(=O)NCCCC[C@@H](C(N)=O)NC(=O)[C@H](Cc2c[nH]c3ccccc23)NC(=O)[C@@H]2CC3CCCCC3N2C(=O)[C@@H](Cc2ccc3ccccc3c2)NC(=O)[C@@H]2CC3CCCCC3N2C1=O. The predicted octanol–water partition coefficient (Wildman–Crippen LogP) is 4.24. The summed E-state index contributed by atoms with van der Waals surface area (Å²) < 4.78 is 0. The second-order valence-electron chi connectivity index (χ2n) is 22.8. The first-order valence-corrected chi connectivity index (χ1v) is 28.9. The minimum absolute atomic E-state index is 0.0354. The van der Waals surface area contributed by atoms with Gasteiger partial charge in [0.1, 0.15) is 42.3 Å². The molecular weight excluding hydrogens is 1000 g/mol. The molecule has 9 N–H and O–H groups in total. The van der Waals surface area contributed by atoms with Gasteiger partial charge in [0.2, 0.25) is 53.2 Å². The van der Waals surface area contributed by atoms with Crippen molar-refractivity contribution in [2.45, 2.75) is 190 Å². The number of unbranched alkanes of at least 4 members (excludes halogenated alkanes) is 1. The lowest BCUT2D eigenvalue weighted by Crippen LogP contribution is -2.62. The summed E-state index contributed by atoms with van der Waals surface area (Å²) in [6.07, 6.45) is 10.6. The van der Waals surface area contributed by atoms with Gasteiger partial charge in [-0.15, -0.1) is 0 Å². The third-order valence-corrected chi connectivity index (χ3v) is 17.3. The third-order valence-electron chi connectivity index (χ3n) is 17.3. The monoisotopic (exact) mass is 1080 g/mol. The van der Waals surface area contributed by atoms with Crippen molar-refractivity contribution in [2.75, 3.05) is 6.54 Å². The smallest absolute Gasteiger partial charge is 0.246 e. The summed E-state index contributed by atoms with van der Waals surface area (Å²) in [6, 6.07) is 12.5.